The number of allylic oxidation sites excluding steroid dienone is 2. The van der Waals surface area contributed by atoms with Crippen LogP contribution in [0.15, 0.2) is 34.7 Å². The number of nitrogens with zero attached hydrogens (tertiary/aromatic N) is 2. The van der Waals surface area contributed by atoms with Gasteiger partial charge in [0.2, 0.25) is 11.8 Å². The Bertz CT molecular complexity index is 858. The van der Waals surface area contributed by atoms with Gasteiger partial charge < -0.3 is 0 Å². The van der Waals surface area contributed by atoms with Crippen molar-refractivity contribution in [2.45, 2.75) is 10.8 Å². The summed E-state index contributed by atoms with van der Waals surface area (Å²) in [4.78, 5) is 31.6. The third-order valence-corrected chi connectivity index (χ3v) is 7.26. The average molecular weight is 342 g/mol. The summed E-state index contributed by atoms with van der Waals surface area (Å²) in [7, 11) is 0. The molecule has 2 fully saturated rings. The molecule has 0 N–H and O–H groups in total. The average Bonchev–Trinajstić information content (AvgIpc) is 3.29. The highest BCUT2D eigenvalue weighted by Gasteiger charge is 2.59. The predicted octanol–water partition coefficient (Wildman–Crippen LogP) is 3.33. The Morgan fingerprint density at radius 3 is 2.52 bits per heavy atom. The molecule has 4 nitrogen and oxygen atoms in total. The number of hydrogen-bond acceptors (Lipinski definition) is 5. The second kappa shape index (κ2) is 4.68. The Balaban J connectivity index is 1.57. The fraction of sp³-hybridized carbons (Fsp3) is 0.353. The van der Waals surface area contributed by atoms with Crippen LogP contribution in [0.1, 0.15) is 6.42 Å². The topological polar surface area (TPSA) is 50.3 Å². The van der Waals surface area contributed by atoms with Crippen molar-refractivity contribution in [1.29, 1.82) is 0 Å². The molecule has 2 aliphatic carbocycles. The van der Waals surface area contributed by atoms with Crippen LogP contribution in [-0.4, -0.2) is 23.1 Å². The van der Waals surface area contributed by atoms with E-state index in [0.717, 1.165) is 21.0 Å². The lowest BCUT2D eigenvalue weighted by molar-refractivity contribution is -0.123. The lowest BCUT2D eigenvalue weighted by Gasteiger charge is -2.17. The smallest absolute Gasteiger partial charge is 0.238 e. The quantitative estimate of drug-likeness (QED) is 0.477. The largest absolute Gasteiger partial charge is 0.274 e. The molecule has 1 aromatic carbocycles. The Morgan fingerprint density at radius 2 is 1.87 bits per heavy atom. The number of fused-ring (bicyclic) bond motifs is 6. The first-order chi connectivity index (χ1) is 11.2. The molecular formula is C17H14N2O2S2. The van der Waals surface area contributed by atoms with E-state index in [0.29, 0.717) is 5.69 Å². The van der Waals surface area contributed by atoms with E-state index in [-0.39, 0.29) is 35.5 Å². The minimum atomic E-state index is -0.142. The first-order valence-corrected chi connectivity index (χ1v) is 9.72. The second-order valence-electron chi connectivity index (χ2n) is 6.35. The molecule has 1 saturated carbocycles. The normalized spacial score (nSPS) is 31.6. The van der Waals surface area contributed by atoms with Crippen molar-refractivity contribution in [3.8, 4) is 0 Å². The highest BCUT2D eigenvalue weighted by Crippen LogP contribution is 2.53. The number of benzene rings is 1. The van der Waals surface area contributed by atoms with Gasteiger partial charge in [-0.15, -0.1) is 11.3 Å². The van der Waals surface area contributed by atoms with Crippen molar-refractivity contribution in [2.75, 3.05) is 11.2 Å². The molecule has 6 heteroatoms. The number of thiazole rings is 1. The number of anilines is 1. The monoisotopic (exact) mass is 342 g/mol. The maximum absolute atomic E-state index is 12.8. The summed E-state index contributed by atoms with van der Waals surface area (Å²) in [6, 6.07) is 5.68. The van der Waals surface area contributed by atoms with Gasteiger partial charge in [0.05, 0.1) is 27.7 Å². The highest BCUT2D eigenvalue weighted by atomic mass is 32.2. The SMILES string of the molecule is CSc1nc2ccc(N3C(=O)[C@@H]4[C@H](C3=O)[C@@H]3C=C[C@H]4C3)cc2s1. The first-order valence-electron chi connectivity index (χ1n) is 7.68. The molecule has 23 heavy (non-hydrogen) atoms. The molecule has 2 amide bonds. The van der Waals surface area contributed by atoms with Crippen molar-refractivity contribution in [3.05, 3.63) is 30.4 Å². The molecule has 1 saturated heterocycles. The molecule has 0 radical (unpaired) electrons. The Kier molecular flexibility index (Phi) is 2.79. The summed E-state index contributed by atoms with van der Waals surface area (Å²) in [6.45, 7) is 0. The maximum Gasteiger partial charge on any atom is 0.238 e. The van der Waals surface area contributed by atoms with E-state index in [4.69, 9.17) is 0 Å². The minimum Gasteiger partial charge on any atom is -0.274 e. The Labute approximate surface area is 141 Å². The third kappa shape index (κ3) is 1.76. The van der Waals surface area contributed by atoms with Gasteiger partial charge in [0.25, 0.3) is 0 Å². The molecule has 0 unspecified atom stereocenters. The summed E-state index contributed by atoms with van der Waals surface area (Å²) in [5, 5.41) is 0. The van der Waals surface area contributed by atoms with Crippen molar-refractivity contribution in [2.24, 2.45) is 23.7 Å². The van der Waals surface area contributed by atoms with E-state index in [1.807, 2.05) is 24.5 Å². The van der Waals surface area contributed by atoms with Crippen molar-refractivity contribution in [3.63, 3.8) is 0 Å². The van der Waals surface area contributed by atoms with Gasteiger partial charge in [0, 0.05) is 0 Å². The molecule has 0 spiro atoms. The van der Waals surface area contributed by atoms with Gasteiger partial charge in [-0.25, -0.2) is 9.88 Å². The fourth-order valence-corrected chi connectivity index (χ4v) is 5.80. The lowest BCUT2D eigenvalue weighted by Crippen LogP contribution is -2.32. The zero-order valence-corrected chi connectivity index (χ0v) is 14.1. The van der Waals surface area contributed by atoms with Crippen LogP contribution in [0.3, 0.4) is 0 Å². The van der Waals surface area contributed by atoms with Crippen LogP contribution in [0, 0.1) is 23.7 Å². The van der Waals surface area contributed by atoms with E-state index in [2.05, 4.69) is 17.1 Å². The van der Waals surface area contributed by atoms with Gasteiger partial charge in [0.1, 0.15) is 0 Å². The van der Waals surface area contributed by atoms with Gasteiger partial charge in [-0.3, -0.25) is 9.59 Å². The highest BCUT2D eigenvalue weighted by molar-refractivity contribution is 8.00. The predicted molar refractivity (Wildman–Crippen MR) is 91.6 cm³/mol. The number of imide groups is 1. The van der Waals surface area contributed by atoms with Gasteiger partial charge in [-0.1, -0.05) is 23.9 Å². The molecule has 116 valence electrons. The molecule has 2 aromatic rings. The number of thioether (sulfide) groups is 1. The van der Waals surface area contributed by atoms with Crippen LogP contribution in [0.5, 0.6) is 0 Å². The fourth-order valence-electron chi connectivity index (χ4n) is 4.28. The number of hydrogen-bond donors (Lipinski definition) is 0. The molecule has 3 aliphatic rings. The van der Waals surface area contributed by atoms with E-state index < -0.39 is 0 Å². The van der Waals surface area contributed by atoms with Gasteiger partial charge in [-0.05, 0) is 42.7 Å². The number of carbonyl (C=O) groups is 2. The Morgan fingerprint density at radius 1 is 1.17 bits per heavy atom. The second-order valence-corrected chi connectivity index (χ2v) is 8.43. The zero-order valence-electron chi connectivity index (χ0n) is 12.4. The summed E-state index contributed by atoms with van der Waals surface area (Å²) in [6.07, 6.45) is 7.21. The van der Waals surface area contributed by atoms with E-state index >= 15 is 0 Å². The van der Waals surface area contributed by atoms with Crippen LogP contribution < -0.4 is 4.90 Å². The minimum absolute atomic E-state index is 0.0224. The molecule has 2 bridgehead atoms. The van der Waals surface area contributed by atoms with E-state index in [1.165, 1.54) is 4.90 Å². The van der Waals surface area contributed by atoms with Gasteiger partial charge in [0.15, 0.2) is 4.34 Å². The van der Waals surface area contributed by atoms with E-state index in [9.17, 15) is 9.59 Å². The van der Waals surface area contributed by atoms with E-state index in [1.54, 1.807) is 23.1 Å². The van der Waals surface area contributed by atoms with Crippen molar-refractivity contribution in [1.82, 2.24) is 4.98 Å². The summed E-state index contributed by atoms with van der Waals surface area (Å²) >= 11 is 3.21. The standard InChI is InChI=1S/C17H14N2O2S2/c1-22-17-18-11-5-4-10(7-12(11)23-17)19-15(20)13-8-2-3-9(6-8)14(13)16(19)21/h2-5,7-9,13-14H,6H2,1H3/t8-,9+,13-,14+. The number of carbonyl (C=O) groups excluding carboxylic acids is 2. The summed E-state index contributed by atoms with van der Waals surface area (Å²) in [5.41, 5.74) is 1.61. The molecule has 1 aromatic heterocycles. The van der Waals surface area contributed by atoms with Crippen molar-refractivity contribution < 1.29 is 9.59 Å². The maximum atomic E-state index is 12.8. The number of rotatable bonds is 2. The first kappa shape index (κ1) is 13.7. The van der Waals surface area contributed by atoms with Gasteiger partial charge >= 0.3 is 0 Å². The lowest BCUT2D eigenvalue weighted by atomic mass is 9.85. The number of amides is 2. The molecule has 5 rings (SSSR count). The molecule has 1 aliphatic heterocycles. The number of aromatic nitrogens is 1. The van der Waals surface area contributed by atoms with Crippen LogP contribution in [0.25, 0.3) is 10.2 Å². The molecule has 4 atom stereocenters. The van der Waals surface area contributed by atoms with Crippen molar-refractivity contribution >= 4 is 50.8 Å². The van der Waals surface area contributed by atoms with Gasteiger partial charge in [-0.2, -0.15) is 0 Å². The Hall–Kier alpha value is -1.66. The van der Waals surface area contributed by atoms with Crippen LogP contribution in [0.4, 0.5) is 5.69 Å². The summed E-state index contributed by atoms with van der Waals surface area (Å²) < 4.78 is 2.01. The van der Waals surface area contributed by atoms with Crippen LogP contribution in [0.2, 0.25) is 0 Å². The van der Waals surface area contributed by atoms with Crippen LogP contribution in [-0.2, 0) is 9.59 Å². The zero-order chi connectivity index (χ0) is 15.7. The molecular weight excluding hydrogens is 328 g/mol. The summed E-state index contributed by atoms with van der Waals surface area (Å²) in [5.74, 6) is 0.174. The third-order valence-electron chi connectivity index (χ3n) is 5.26. The molecule has 2 heterocycles. The van der Waals surface area contributed by atoms with Crippen LogP contribution >= 0.6 is 23.1 Å².